The van der Waals surface area contributed by atoms with Crippen molar-refractivity contribution in [2.45, 2.75) is 6.18 Å². The quantitative estimate of drug-likeness (QED) is 0.611. The van der Waals surface area contributed by atoms with E-state index in [0.29, 0.717) is 38.3 Å². The number of piperazine rings is 1. The topological polar surface area (TPSA) is 106 Å². The fourth-order valence-corrected chi connectivity index (χ4v) is 2.34. The van der Waals surface area contributed by atoms with Crippen molar-refractivity contribution in [2.24, 2.45) is 0 Å². The molecule has 0 saturated carbocycles. The summed E-state index contributed by atoms with van der Waals surface area (Å²) >= 11 is 0. The number of anilines is 1. The number of rotatable bonds is 4. The lowest BCUT2D eigenvalue weighted by molar-refractivity contribution is -0.884. The lowest BCUT2D eigenvalue weighted by Crippen LogP contribution is -3.12. The smallest absolute Gasteiger partial charge is 0.335 e. The molecule has 1 fully saturated rings. The van der Waals surface area contributed by atoms with Crippen molar-refractivity contribution in [3.8, 4) is 0 Å². The number of hydrazine groups is 1. The van der Waals surface area contributed by atoms with Crippen molar-refractivity contribution >= 4 is 17.1 Å². The van der Waals surface area contributed by atoms with Crippen LogP contribution in [-0.2, 0) is 6.18 Å². The zero-order valence-corrected chi connectivity index (χ0v) is 12.6. The van der Waals surface area contributed by atoms with Crippen LogP contribution in [0.2, 0.25) is 0 Å². The van der Waals surface area contributed by atoms with Crippen LogP contribution in [0.1, 0.15) is 5.56 Å². The summed E-state index contributed by atoms with van der Waals surface area (Å²) in [6, 6.07) is 0.604. The standard InChI is InChI=1S/C12H14F3N5O4/c1-17-2-4-18(5-3-17)16-11-9(19(21)22)6-8(12(13,14)15)7-10(11)20(23)24/h6-7,16H,2-5H2,1H3/p+1. The second kappa shape index (κ2) is 6.57. The molecule has 1 aliphatic rings. The van der Waals surface area contributed by atoms with Gasteiger partial charge in [-0.2, -0.15) is 13.2 Å². The number of hydrogen-bond acceptors (Lipinski definition) is 6. The van der Waals surface area contributed by atoms with Crippen molar-refractivity contribution < 1.29 is 27.9 Å². The van der Waals surface area contributed by atoms with E-state index in [9.17, 15) is 33.4 Å². The van der Waals surface area contributed by atoms with E-state index < -0.39 is 38.6 Å². The van der Waals surface area contributed by atoms with Crippen LogP contribution in [0, 0.1) is 20.2 Å². The third kappa shape index (κ3) is 3.89. The number of quaternary nitrogens is 1. The van der Waals surface area contributed by atoms with E-state index in [2.05, 4.69) is 5.43 Å². The van der Waals surface area contributed by atoms with Crippen molar-refractivity contribution in [2.75, 3.05) is 38.7 Å². The minimum absolute atomic E-state index is 0.302. The summed E-state index contributed by atoms with van der Waals surface area (Å²) in [5.74, 6) is 0. The summed E-state index contributed by atoms with van der Waals surface area (Å²) in [7, 11) is 1.94. The van der Waals surface area contributed by atoms with Gasteiger partial charge in [-0.3, -0.25) is 20.2 Å². The normalized spacial score (nSPS) is 16.8. The molecule has 1 aromatic carbocycles. The van der Waals surface area contributed by atoms with Gasteiger partial charge in [0, 0.05) is 12.1 Å². The molecule has 132 valence electrons. The van der Waals surface area contributed by atoms with Crippen LogP contribution in [0.5, 0.6) is 0 Å². The van der Waals surface area contributed by atoms with E-state index in [4.69, 9.17) is 0 Å². The van der Waals surface area contributed by atoms with Crippen LogP contribution in [0.4, 0.5) is 30.2 Å². The number of nitrogens with one attached hydrogen (secondary N) is 2. The number of likely N-dealkylation sites (N-methyl/N-ethyl adjacent to an activating group) is 1. The molecule has 0 aromatic heterocycles. The highest BCUT2D eigenvalue weighted by molar-refractivity contribution is 5.74. The van der Waals surface area contributed by atoms with Crippen molar-refractivity contribution in [1.29, 1.82) is 0 Å². The van der Waals surface area contributed by atoms with Gasteiger partial charge in [0.2, 0.25) is 5.69 Å². The maximum absolute atomic E-state index is 12.8. The fourth-order valence-electron chi connectivity index (χ4n) is 2.34. The summed E-state index contributed by atoms with van der Waals surface area (Å²) in [5.41, 5.74) is -1.40. The van der Waals surface area contributed by atoms with E-state index in [1.54, 1.807) is 0 Å². The molecule has 1 saturated heterocycles. The molecule has 0 amide bonds. The second-order valence-electron chi connectivity index (χ2n) is 5.46. The first-order valence-corrected chi connectivity index (χ1v) is 6.96. The number of nitro benzene ring substituents is 2. The monoisotopic (exact) mass is 350 g/mol. The number of hydrogen-bond donors (Lipinski definition) is 2. The maximum atomic E-state index is 12.8. The Kier molecular flexibility index (Phi) is 4.89. The largest absolute Gasteiger partial charge is 0.416 e. The molecule has 2 N–H and O–H groups in total. The Morgan fingerprint density at radius 1 is 1.12 bits per heavy atom. The number of alkyl halides is 3. The Labute approximate surface area is 133 Å². The van der Waals surface area contributed by atoms with E-state index >= 15 is 0 Å². The van der Waals surface area contributed by atoms with Crippen LogP contribution in [0.15, 0.2) is 12.1 Å². The van der Waals surface area contributed by atoms with Gasteiger partial charge in [0.25, 0.3) is 0 Å². The molecule has 12 heteroatoms. The molecular formula is C12H15F3N5O4+. The second-order valence-corrected chi connectivity index (χ2v) is 5.46. The van der Waals surface area contributed by atoms with Gasteiger partial charge in [-0.25, -0.2) is 5.01 Å². The van der Waals surface area contributed by atoms with Crippen LogP contribution in [0.25, 0.3) is 0 Å². The van der Waals surface area contributed by atoms with E-state index in [-0.39, 0.29) is 0 Å². The Morgan fingerprint density at radius 2 is 1.58 bits per heavy atom. The first-order chi connectivity index (χ1) is 11.1. The molecule has 0 bridgehead atoms. The average Bonchev–Trinajstić information content (AvgIpc) is 2.48. The maximum Gasteiger partial charge on any atom is 0.416 e. The van der Waals surface area contributed by atoms with E-state index in [1.807, 2.05) is 7.05 Å². The van der Waals surface area contributed by atoms with Crippen LogP contribution in [0.3, 0.4) is 0 Å². The summed E-state index contributed by atoms with van der Waals surface area (Å²) in [6.45, 7) is 2.27. The molecule has 9 nitrogen and oxygen atoms in total. The van der Waals surface area contributed by atoms with Crippen LogP contribution >= 0.6 is 0 Å². The van der Waals surface area contributed by atoms with Gasteiger partial charge >= 0.3 is 17.6 Å². The van der Waals surface area contributed by atoms with Crippen molar-refractivity contribution in [1.82, 2.24) is 5.01 Å². The van der Waals surface area contributed by atoms with Gasteiger partial charge in [-0.1, -0.05) is 0 Å². The highest BCUT2D eigenvalue weighted by atomic mass is 19.4. The number of nitro groups is 2. The van der Waals surface area contributed by atoms with Crippen molar-refractivity contribution in [3.63, 3.8) is 0 Å². The van der Waals surface area contributed by atoms with Gasteiger partial charge in [0.15, 0.2) is 0 Å². The summed E-state index contributed by atoms with van der Waals surface area (Å²) in [6.07, 6.45) is -4.93. The Bertz CT molecular complexity index is 624. The lowest BCUT2D eigenvalue weighted by atomic mass is 10.1. The molecule has 0 aliphatic carbocycles. The van der Waals surface area contributed by atoms with Gasteiger partial charge < -0.3 is 10.3 Å². The third-order valence-corrected chi connectivity index (χ3v) is 3.70. The average molecular weight is 350 g/mol. The highest BCUT2D eigenvalue weighted by Gasteiger charge is 2.38. The van der Waals surface area contributed by atoms with Gasteiger partial charge in [0.1, 0.15) is 0 Å². The SMILES string of the molecule is C[NH+]1CCN(Nc2c([N+](=O)[O-])cc(C(F)(F)F)cc2[N+](=O)[O-])CC1. The van der Waals surface area contributed by atoms with Gasteiger partial charge in [-0.05, 0) is 0 Å². The molecule has 0 unspecified atom stereocenters. The zero-order valence-electron chi connectivity index (χ0n) is 12.6. The predicted molar refractivity (Wildman–Crippen MR) is 76.6 cm³/mol. The number of benzene rings is 1. The molecular weight excluding hydrogens is 335 g/mol. The van der Waals surface area contributed by atoms with E-state index in [0.717, 1.165) is 0 Å². The minimum Gasteiger partial charge on any atom is -0.335 e. The highest BCUT2D eigenvalue weighted by Crippen LogP contribution is 2.41. The Hall–Kier alpha value is -2.47. The summed E-state index contributed by atoms with van der Waals surface area (Å²) in [4.78, 5) is 21.3. The molecule has 2 rings (SSSR count). The fraction of sp³-hybridized carbons (Fsp3) is 0.500. The molecule has 1 aromatic rings. The van der Waals surface area contributed by atoms with E-state index in [1.165, 1.54) is 9.91 Å². The summed E-state index contributed by atoms with van der Waals surface area (Å²) < 4.78 is 38.5. The Balaban J connectivity index is 2.47. The van der Waals surface area contributed by atoms with Crippen LogP contribution < -0.4 is 10.3 Å². The molecule has 0 spiro atoms. The van der Waals surface area contributed by atoms with Gasteiger partial charge in [0.05, 0.1) is 48.6 Å². The molecule has 1 heterocycles. The first kappa shape index (κ1) is 17.9. The lowest BCUT2D eigenvalue weighted by Gasteiger charge is -2.30. The molecule has 0 radical (unpaired) electrons. The summed E-state index contributed by atoms with van der Waals surface area (Å²) in [5, 5.41) is 23.8. The third-order valence-electron chi connectivity index (χ3n) is 3.70. The van der Waals surface area contributed by atoms with Crippen LogP contribution in [-0.4, -0.2) is 48.1 Å². The Morgan fingerprint density at radius 3 is 1.96 bits per heavy atom. The molecule has 1 aliphatic heterocycles. The predicted octanol–water partition coefficient (Wildman–Crippen LogP) is 0.679. The zero-order chi connectivity index (χ0) is 18.1. The van der Waals surface area contributed by atoms with Crippen molar-refractivity contribution in [3.05, 3.63) is 37.9 Å². The minimum atomic E-state index is -4.93. The number of nitrogens with zero attached hydrogens (tertiary/aromatic N) is 3. The molecule has 24 heavy (non-hydrogen) atoms. The molecule has 0 atom stereocenters. The first-order valence-electron chi connectivity index (χ1n) is 6.96. The van der Waals surface area contributed by atoms with Gasteiger partial charge in [-0.15, -0.1) is 0 Å². The number of halogens is 3.